The summed E-state index contributed by atoms with van der Waals surface area (Å²) in [5.74, 6) is 0.103. The molecular formula is C21H25FN6O3. The number of carbonyl (C=O) groups excluding carboxylic acids is 2. The summed E-state index contributed by atoms with van der Waals surface area (Å²) in [5.41, 5.74) is 1.84. The molecule has 31 heavy (non-hydrogen) atoms. The second kappa shape index (κ2) is 8.75. The van der Waals surface area contributed by atoms with Gasteiger partial charge in [-0.1, -0.05) is 0 Å². The van der Waals surface area contributed by atoms with E-state index in [1.165, 1.54) is 17.9 Å². The first-order valence-corrected chi connectivity index (χ1v) is 10.2. The average Bonchev–Trinajstić information content (AvgIpc) is 3.13. The van der Waals surface area contributed by atoms with Crippen molar-refractivity contribution < 1.29 is 18.7 Å². The van der Waals surface area contributed by atoms with E-state index in [1.54, 1.807) is 18.3 Å². The maximum absolute atomic E-state index is 14.9. The highest BCUT2D eigenvalue weighted by atomic mass is 19.1. The largest absolute Gasteiger partial charge is 0.442 e. The van der Waals surface area contributed by atoms with E-state index in [9.17, 15) is 14.0 Å². The smallest absolute Gasteiger partial charge is 0.414 e. The Morgan fingerprint density at radius 2 is 1.97 bits per heavy atom. The van der Waals surface area contributed by atoms with Crippen LogP contribution >= 0.6 is 0 Å². The van der Waals surface area contributed by atoms with Crippen LogP contribution in [0.25, 0.3) is 0 Å². The molecule has 2 aromatic rings. The number of benzene rings is 1. The first-order chi connectivity index (χ1) is 14.9. The van der Waals surface area contributed by atoms with E-state index in [4.69, 9.17) is 4.74 Å². The van der Waals surface area contributed by atoms with Crippen molar-refractivity contribution in [3.63, 3.8) is 0 Å². The van der Waals surface area contributed by atoms with Crippen LogP contribution in [0.3, 0.4) is 0 Å². The molecule has 0 bridgehead atoms. The van der Waals surface area contributed by atoms with Crippen LogP contribution in [0.4, 0.5) is 26.5 Å². The van der Waals surface area contributed by atoms with Crippen LogP contribution in [0.1, 0.15) is 12.6 Å². The molecule has 0 aliphatic carbocycles. The average molecular weight is 428 g/mol. The van der Waals surface area contributed by atoms with Gasteiger partial charge in [0.15, 0.2) is 0 Å². The van der Waals surface area contributed by atoms with Crippen LogP contribution in [-0.2, 0) is 9.53 Å². The molecule has 2 fully saturated rings. The fourth-order valence-corrected chi connectivity index (χ4v) is 3.75. The van der Waals surface area contributed by atoms with Crippen molar-refractivity contribution in [1.82, 2.24) is 15.3 Å². The van der Waals surface area contributed by atoms with Crippen LogP contribution < -0.4 is 20.0 Å². The van der Waals surface area contributed by atoms with Gasteiger partial charge in [-0.05, 0) is 31.2 Å². The summed E-state index contributed by atoms with van der Waals surface area (Å²) in [6.45, 7) is 6.46. The third-order valence-electron chi connectivity index (χ3n) is 5.38. The maximum Gasteiger partial charge on any atom is 0.414 e. The van der Waals surface area contributed by atoms with Gasteiger partial charge in [0.1, 0.15) is 11.9 Å². The molecule has 1 N–H and O–H groups in total. The van der Waals surface area contributed by atoms with Crippen molar-refractivity contribution in [1.29, 1.82) is 0 Å². The Morgan fingerprint density at radius 1 is 1.23 bits per heavy atom. The number of nitrogens with zero attached hydrogens (tertiary/aromatic N) is 5. The normalized spacial score (nSPS) is 18.9. The summed E-state index contributed by atoms with van der Waals surface area (Å²) in [4.78, 5) is 37.4. The summed E-state index contributed by atoms with van der Waals surface area (Å²) in [7, 11) is 0. The molecule has 2 saturated heterocycles. The van der Waals surface area contributed by atoms with E-state index in [1.807, 2.05) is 17.9 Å². The third-order valence-corrected chi connectivity index (χ3v) is 5.38. The highest BCUT2D eigenvalue weighted by Crippen LogP contribution is 2.28. The number of hydrogen-bond acceptors (Lipinski definition) is 7. The van der Waals surface area contributed by atoms with Crippen molar-refractivity contribution in [3.8, 4) is 0 Å². The maximum atomic E-state index is 14.9. The Morgan fingerprint density at radius 3 is 2.65 bits per heavy atom. The topological polar surface area (TPSA) is 90.9 Å². The summed E-state index contributed by atoms with van der Waals surface area (Å²) in [5, 5.41) is 2.63. The molecule has 0 unspecified atom stereocenters. The predicted molar refractivity (Wildman–Crippen MR) is 114 cm³/mol. The van der Waals surface area contributed by atoms with Crippen molar-refractivity contribution in [3.05, 3.63) is 42.0 Å². The summed E-state index contributed by atoms with van der Waals surface area (Å²) in [6.07, 6.45) is 0.734. The lowest BCUT2D eigenvalue weighted by Crippen LogP contribution is -2.47. The van der Waals surface area contributed by atoms with Crippen molar-refractivity contribution in [2.75, 3.05) is 54.0 Å². The molecule has 164 valence electrons. The summed E-state index contributed by atoms with van der Waals surface area (Å²) in [6, 6.07) is 6.62. The van der Waals surface area contributed by atoms with Gasteiger partial charge in [-0.2, -0.15) is 0 Å². The van der Waals surface area contributed by atoms with Crippen LogP contribution in [0, 0.1) is 12.7 Å². The van der Waals surface area contributed by atoms with Gasteiger partial charge in [-0.15, -0.1) is 0 Å². The molecule has 2 aliphatic rings. The highest BCUT2D eigenvalue weighted by molar-refractivity contribution is 5.90. The second-order valence-corrected chi connectivity index (χ2v) is 7.66. The zero-order valence-corrected chi connectivity index (χ0v) is 17.5. The van der Waals surface area contributed by atoms with Crippen molar-refractivity contribution in [2.24, 2.45) is 0 Å². The first-order valence-electron chi connectivity index (χ1n) is 10.2. The molecule has 2 aliphatic heterocycles. The van der Waals surface area contributed by atoms with E-state index in [0.717, 1.165) is 5.69 Å². The summed E-state index contributed by atoms with van der Waals surface area (Å²) >= 11 is 0. The van der Waals surface area contributed by atoms with E-state index in [2.05, 4.69) is 20.2 Å². The number of rotatable bonds is 5. The van der Waals surface area contributed by atoms with Gasteiger partial charge in [0.25, 0.3) is 0 Å². The Labute approximate surface area is 179 Å². The van der Waals surface area contributed by atoms with E-state index < -0.39 is 18.0 Å². The number of ether oxygens (including phenoxy) is 1. The molecular weight excluding hydrogens is 403 g/mol. The predicted octanol–water partition coefficient (Wildman–Crippen LogP) is 1.71. The minimum Gasteiger partial charge on any atom is -0.442 e. The fraction of sp³-hybridized carbons (Fsp3) is 0.429. The lowest BCUT2D eigenvalue weighted by Gasteiger charge is -2.36. The van der Waals surface area contributed by atoms with E-state index >= 15 is 0 Å². The van der Waals surface area contributed by atoms with E-state index in [-0.39, 0.29) is 19.0 Å². The van der Waals surface area contributed by atoms with E-state index in [0.29, 0.717) is 43.5 Å². The number of anilines is 3. The Hall–Kier alpha value is -3.43. The molecule has 0 radical (unpaired) electrons. The van der Waals surface area contributed by atoms with Crippen LogP contribution in [0.15, 0.2) is 30.5 Å². The van der Waals surface area contributed by atoms with Crippen LogP contribution in [0.2, 0.25) is 0 Å². The quantitative estimate of drug-likeness (QED) is 0.775. The van der Waals surface area contributed by atoms with Gasteiger partial charge in [0.05, 0.1) is 24.5 Å². The van der Waals surface area contributed by atoms with Gasteiger partial charge in [-0.25, -0.2) is 19.2 Å². The third kappa shape index (κ3) is 4.68. The van der Waals surface area contributed by atoms with Crippen LogP contribution in [0.5, 0.6) is 0 Å². The SMILES string of the molecule is CC(=O)NC[C@H]1CN(c2ccc(N3CCN(c4nccc(C)n4)CC3)c(F)c2)C(=O)O1. The molecule has 0 saturated carbocycles. The molecule has 3 heterocycles. The Kier molecular flexibility index (Phi) is 5.88. The van der Waals surface area contributed by atoms with Gasteiger partial charge < -0.3 is 19.9 Å². The molecule has 10 heteroatoms. The molecule has 0 spiro atoms. The fourth-order valence-electron chi connectivity index (χ4n) is 3.75. The molecule has 2 amide bonds. The highest BCUT2D eigenvalue weighted by Gasteiger charge is 2.33. The van der Waals surface area contributed by atoms with Crippen molar-refractivity contribution in [2.45, 2.75) is 20.0 Å². The zero-order chi connectivity index (χ0) is 22.0. The first kappa shape index (κ1) is 20.8. The monoisotopic (exact) mass is 428 g/mol. The standard InChI is InChI=1S/C21H25FN6O3/c1-14-5-6-23-20(25-14)27-9-7-26(8-10-27)19-4-3-16(11-18(19)22)28-13-17(31-21(28)30)12-24-15(2)29/h3-6,11,17H,7-10,12-13H2,1-2H3,(H,24,29)/t17-/m0/s1. The second-order valence-electron chi connectivity index (χ2n) is 7.66. The number of amides is 2. The van der Waals surface area contributed by atoms with Crippen LogP contribution in [-0.4, -0.2) is 67.3 Å². The number of nitrogens with one attached hydrogen (secondary N) is 1. The lowest BCUT2D eigenvalue weighted by molar-refractivity contribution is -0.119. The number of hydrogen-bond donors (Lipinski definition) is 1. The summed E-state index contributed by atoms with van der Waals surface area (Å²) < 4.78 is 20.2. The molecule has 1 atom stereocenters. The Bertz CT molecular complexity index is 979. The number of cyclic esters (lactones) is 1. The number of aryl methyl sites for hydroxylation is 1. The minimum absolute atomic E-state index is 0.195. The number of aromatic nitrogens is 2. The molecule has 4 rings (SSSR count). The van der Waals surface area contributed by atoms with Crippen molar-refractivity contribution >= 4 is 29.3 Å². The lowest BCUT2D eigenvalue weighted by atomic mass is 10.2. The molecule has 9 nitrogen and oxygen atoms in total. The number of piperazine rings is 1. The van der Waals surface area contributed by atoms with Gasteiger partial charge >= 0.3 is 6.09 Å². The zero-order valence-electron chi connectivity index (χ0n) is 17.5. The Balaban J connectivity index is 1.39. The van der Waals surface area contributed by atoms with Gasteiger partial charge in [-0.3, -0.25) is 9.69 Å². The number of carbonyl (C=O) groups is 2. The molecule has 1 aromatic carbocycles. The van der Waals surface area contributed by atoms with Gasteiger partial charge in [0.2, 0.25) is 11.9 Å². The molecule has 1 aromatic heterocycles. The van der Waals surface area contributed by atoms with Gasteiger partial charge in [0, 0.05) is 45.0 Å². The minimum atomic E-state index is -0.547. The number of halogens is 1.